The highest BCUT2D eigenvalue weighted by Gasteiger charge is 2.40. The van der Waals surface area contributed by atoms with E-state index in [1.54, 1.807) is 0 Å². The highest BCUT2D eigenvalue weighted by Crippen LogP contribution is 2.31. The van der Waals surface area contributed by atoms with Gasteiger partial charge in [-0.25, -0.2) is 0 Å². The van der Waals surface area contributed by atoms with Gasteiger partial charge in [0.1, 0.15) is 5.69 Å². The molecular weight excluding hydrogens is 333 g/mol. The SMILES string of the molecule is CN1CCN(Cc2ccc(C(F)(F)F)nc2)C[C@]12CCNC(=O)CC2. The third-order valence-corrected chi connectivity index (χ3v) is 5.33. The topological polar surface area (TPSA) is 48.5 Å². The number of nitrogens with one attached hydrogen (secondary N) is 1. The smallest absolute Gasteiger partial charge is 0.356 e. The number of amides is 1. The lowest BCUT2D eigenvalue weighted by Crippen LogP contribution is -2.60. The molecule has 138 valence electrons. The fraction of sp³-hybridized carbons (Fsp3) is 0.647. The number of hydrogen-bond donors (Lipinski definition) is 1. The van der Waals surface area contributed by atoms with Crippen LogP contribution in [-0.2, 0) is 17.5 Å². The van der Waals surface area contributed by atoms with Crippen LogP contribution in [0.1, 0.15) is 30.5 Å². The number of likely N-dealkylation sites (N-methyl/N-ethyl adjacent to an activating group) is 1. The molecule has 0 saturated carbocycles. The van der Waals surface area contributed by atoms with Crippen LogP contribution in [0, 0.1) is 0 Å². The second-order valence-corrected chi connectivity index (χ2v) is 7.01. The number of hydrogen-bond acceptors (Lipinski definition) is 4. The Morgan fingerprint density at radius 1 is 1.28 bits per heavy atom. The maximum absolute atomic E-state index is 12.6. The normalized spacial score (nSPS) is 26.5. The Bertz CT molecular complexity index is 619. The highest BCUT2D eigenvalue weighted by molar-refractivity contribution is 5.76. The molecule has 1 amide bonds. The zero-order valence-corrected chi connectivity index (χ0v) is 14.3. The zero-order chi connectivity index (χ0) is 18.1. The molecule has 0 aliphatic carbocycles. The maximum Gasteiger partial charge on any atom is 0.433 e. The Morgan fingerprint density at radius 3 is 2.76 bits per heavy atom. The van der Waals surface area contributed by atoms with Gasteiger partial charge in [-0.05, 0) is 31.5 Å². The summed E-state index contributed by atoms with van der Waals surface area (Å²) >= 11 is 0. The number of rotatable bonds is 2. The molecule has 1 aromatic rings. The Morgan fingerprint density at radius 2 is 2.08 bits per heavy atom. The van der Waals surface area contributed by atoms with Gasteiger partial charge in [-0.2, -0.15) is 13.2 Å². The lowest BCUT2D eigenvalue weighted by Gasteiger charge is -2.49. The first-order chi connectivity index (χ1) is 11.8. The minimum atomic E-state index is -4.41. The average molecular weight is 356 g/mol. The van der Waals surface area contributed by atoms with Crippen LogP contribution in [0.5, 0.6) is 0 Å². The van der Waals surface area contributed by atoms with E-state index < -0.39 is 11.9 Å². The number of alkyl halides is 3. The van der Waals surface area contributed by atoms with Crippen LogP contribution in [0.25, 0.3) is 0 Å². The molecule has 1 atom stereocenters. The largest absolute Gasteiger partial charge is 0.433 e. The van der Waals surface area contributed by atoms with Crippen molar-refractivity contribution < 1.29 is 18.0 Å². The van der Waals surface area contributed by atoms with Crippen molar-refractivity contribution in [3.05, 3.63) is 29.6 Å². The summed E-state index contributed by atoms with van der Waals surface area (Å²) in [4.78, 5) is 19.8. The molecule has 0 bridgehead atoms. The first-order valence-corrected chi connectivity index (χ1v) is 8.51. The summed E-state index contributed by atoms with van der Waals surface area (Å²) in [5.41, 5.74) is -0.147. The van der Waals surface area contributed by atoms with E-state index in [4.69, 9.17) is 0 Å². The zero-order valence-electron chi connectivity index (χ0n) is 14.3. The average Bonchev–Trinajstić information content (AvgIpc) is 2.74. The van der Waals surface area contributed by atoms with Gasteiger partial charge in [0.25, 0.3) is 0 Å². The minimum absolute atomic E-state index is 0.0588. The van der Waals surface area contributed by atoms with E-state index in [1.807, 2.05) is 0 Å². The summed E-state index contributed by atoms with van der Waals surface area (Å²) in [5, 5.41) is 2.92. The Labute approximate surface area is 145 Å². The van der Waals surface area contributed by atoms with E-state index in [2.05, 4.69) is 27.1 Å². The van der Waals surface area contributed by atoms with Crippen LogP contribution < -0.4 is 5.32 Å². The van der Waals surface area contributed by atoms with Gasteiger partial charge in [0.2, 0.25) is 5.91 Å². The van der Waals surface area contributed by atoms with E-state index in [-0.39, 0.29) is 11.4 Å². The van der Waals surface area contributed by atoms with E-state index in [0.29, 0.717) is 19.5 Å². The minimum Gasteiger partial charge on any atom is -0.356 e. The van der Waals surface area contributed by atoms with Crippen molar-refractivity contribution in [1.29, 1.82) is 0 Å². The molecule has 1 N–H and O–H groups in total. The molecule has 25 heavy (non-hydrogen) atoms. The van der Waals surface area contributed by atoms with Crippen molar-refractivity contribution in [3.8, 4) is 0 Å². The van der Waals surface area contributed by atoms with Crippen molar-refractivity contribution in [1.82, 2.24) is 20.1 Å². The standard InChI is InChI=1S/C17H23F3N4O/c1-23-8-9-24(12-16(23)5-4-15(25)21-7-6-16)11-13-2-3-14(22-10-13)17(18,19)20/h2-3,10H,4-9,11-12H2,1H3,(H,21,25)/t16-/m0/s1. The van der Waals surface area contributed by atoms with Crippen molar-refractivity contribution in [2.75, 3.05) is 33.2 Å². The van der Waals surface area contributed by atoms with Crippen molar-refractivity contribution >= 4 is 5.91 Å². The van der Waals surface area contributed by atoms with Gasteiger partial charge in [0, 0.05) is 50.9 Å². The maximum atomic E-state index is 12.6. The molecule has 2 saturated heterocycles. The third kappa shape index (κ3) is 4.12. The summed E-state index contributed by atoms with van der Waals surface area (Å²) in [6, 6.07) is 2.54. The van der Waals surface area contributed by atoms with E-state index >= 15 is 0 Å². The molecule has 2 aliphatic rings. The third-order valence-electron chi connectivity index (χ3n) is 5.33. The summed E-state index contributed by atoms with van der Waals surface area (Å²) < 4.78 is 37.9. The number of carbonyl (C=O) groups excluding carboxylic acids is 1. The fourth-order valence-electron chi connectivity index (χ4n) is 3.76. The van der Waals surface area contributed by atoms with E-state index in [1.165, 1.54) is 12.3 Å². The van der Waals surface area contributed by atoms with Gasteiger partial charge >= 0.3 is 6.18 Å². The van der Waals surface area contributed by atoms with Gasteiger partial charge in [-0.1, -0.05) is 6.07 Å². The Balaban J connectivity index is 1.68. The molecule has 0 radical (unpaired) electrons. The summed E-state index contributed by atoms with van der Waals surface area (Å²) in [5.74, 6) is 0.0920. The number of halogens is 3. The molecule has 0 aromatic carbocycles. The van der Waals surface area contributed by atoms with Crippen LogP contribution in [0.3, 0.4) is 0 Å². The molecule has 8 heteroatoms. The summed E-state index contributed by atoms with van der Waals surface area (Å²) in [6.45, 7) is 3.77. The predicted molar refractivity (Wildman–Crippen MR) is 86.7 cm³/mol. The van der Waals surface area contributed by atoms with Crippen molar-refractivity contribution in [3.63, 3.8) is 0 Å². The van der Waals surface area contributed by atoms with Crippen LogP contribution >= 0.6 is 0 Å². The van der Waals surface area contributed by atoms with E-state index in [9.17, 15) is 18.0 Å². The molecule has 1 spiro atoms. The van der Waals surface area contributed by atoms with Gasteiger partial charge in [-0.3, -0.25) is 19.6 Å². The molecule has 0 unspecified atom stereocenters. The number of aromatic nitrogens is 1. The molecule has 2 aliphatic heterocycles. The monoisotopic (exact) mass is 356 g/mol. The van der Waals surface area contributed by atoms with Crippen LogP contribution in [0.2, 0.25) is 0 Å². The van der Waals surface area contributed by atoms with Crippen molar-refractivity contribution in [2.45, 2.75) is 37.5 Å². The quantitative estimate of drug-likeness (QED) is 0.879. The van der Waals surface area contributed by atoms with Crippen LogP contribution in [-0.4, -0.2) is 59.5 Å². The lowest BCUT2D eigenvalue weighted by atomic mass is 9.86. The second-order valence-electron chi connectivity index (χ2n) is 7.01. The lowest BCUT2D eigenvalue weighted by molar-refractivity contribution is -0.141. The van der Waals surface area contributed by atoms with Crippen molar-refractivity contribution in [2.24, 2.45) is 0 Å². The van der Waals surface area contributed by atoms with Gasteiger partial charge < -0.3 is 5.32 Å². The molecular formula is C17H23F3N4O. The molecule has 3 rings (SSSR count). The predicted octanol–water partition coefficient (Wildman–Crippen LogP) is 1.89. The number of carbonyl (C=O) groups is 1. The molecule has 1 aromatic heterocycles. The van der Waals surface area contributed by atoms with Crippen LogP contribution in [0.4, 0.5) is 13.2 Å². The molecule has 2 fully saturated rings. The summed E-state index contributed by atoms with van der Waals surface area (Å²) in [7, 11) is 2.09. The summed E-state index contributed by atoms with van der Waals surface area (Å²) in [6.07, 6.45) is -0.892. The number of piperazine rings is 1. The highest BCUT2D eigenvalue weighted by atomic mass is 19.4. The first-order valence-electron chi connectivity index (χ1n) is 8.51. The van der Waals surface area contributed by atoms with E-state index in [0.717, 1.165) is 44.1 Å². The fourth-order valence-corrected chi connectivity index (χ4v) is 3.76. The Kier molecular flexibility index (Phi) is 5.02. The first kappa shape index (κ1) is 18.1. The number of pyridine rings is 1. The molecule has 3 heterocycles. The number of nitrogens with zero attached hydrogens (tertiary/aromatic N) is 3. The van der Waals surface area contributed by atoms with Gasteiger partial charge in [-0.15, -0.1) is 0 Å². The van der Waals surface area contributed by atoms with Crippen LogP contribution in [0.15, 0.2) is 18.3 Å². The second kappa shape index (κ2) is 6.92. The van der Waals surface area contributed by atoms with Gasteiger partial charge in [0.15, 0.2) is 0 Å². The Hall–Kier alpha value is -1.67. The molecule has 5 nitrogen and oxygen atoms in total. The van der Waals surface area contributed by atoms with Gasteiger partial charge in [0.05, 0.1) is 0 Å².